The highest BCUT2D eigenvalue weighted by molar-refractivity contribution is 8.16. The maximum Gasteiger partial charge on any atom is 0.283 e. The number of rotatable bonds is 4. The molecule has 29 heavy (non-hydrogen) atoms. The minimum atomic E-state index is -0.361. The first-order valence-corrected chi connectivity index (χ1v) is 10.6. The molecule has 0 unspecified atom stereocenters. The molecule has 0 saturated carbocycles. The van der Waals surface area contributed by atoms with Crippen LogP contribution in [0.5, 0.6) is 0 Å². The fourth-order valence-corrected chi connectivity index (χ4v) is 4.41. The highest BCUT2D eigenvalue weighted by Crippen LogP contribution is 2.29. The van der Waals surface area contributed by atoms with Crippen molar-refractivity contribution in [3.8, 4) is 5.69 Å². The van der Waals surface area contributed by atoms with Crippen LogP contribution < -0.4 is 0 Å². The highest BCUT2D eigenvalue weighted by Gasteiger charge is 2.31. The summed E-state index contributed by atoms with van der Waals surface area (Å²) in [6, 6.07) is 10.7. The number of carbonyl (C=O) groups excluding carboxylic acids is 1. The van der Waals surface area contributed by atoms with E-state index in [0.29, 0.717) is 16.7 Å². The van der Waals surface area contributed by atoms with E-state index in [1.807, 2.05) is 12.3 Å². The van der Waals surface area contributed by atoms with Gasteiger partial charge in [-0.05, 0) is 67.0 Å². The number of aromatic nitrogens is 1. The van der Waals surface area contributed by atoms with Crippen molar-refractivity contribution >= 4 is 34.7 Å². The van der Waals surface area contributed by atoms with Crippen molar-refractivity contribution in [3.05, 3.63) is 70.0 Å². The van der Waals surface area contributed by atoms with Gasteiger partial charge >= 0.3 is 0 Å². The van der Waals surface area contributed by atoms with Crippen molar-refractivity contribution in [1.82, 2.24) is 9.47 Å². The molecule has 1 amide bonds. The topological polar surface area (TPSA) is 61.5 Å². The molecule has 0 bridgehead atoms. The van der Waals surface area contributed by atoms with Crippen molar-refractivity contribution in [2.24, 2.45) is 4.99 Å². The van der Waals surface area contributed by atoms with Crippen LogP contribution in [0.4, 0.5) is 0 Å². The Morgan fingerprint density at radius 3 is 2.66 bits per heavy atom. The molecule has 1 N–H and O–H groups in total. The third kappa shape index (κ3) is 3.38. The van der Waals surface area contributed by atoms with Crippen LogP contribution in [0, 0.1) is 19.3 Å². The van der Waals surface area contributed by atoms with Gasteiger partial charge in [0.2, 0.25) is 0 Å². The summed E-state index contributed by atoms with van der Waals surface area (Å²) in [6.45, 7) is 8.54. The number of fused-ring (bicyclic) bond motifs is 1. The number of benzene rings is 1. The summed E-state index contributed by atoms with van der Waals surface area (Å²) in [5.41, 5.74) is 5.80. The van der Waals surface area contributed by atoms with Gasteiger partial charge in [-0.3, -0.25) is 15.1 Å². The van der Waals surface area contributed by atoms with Crippen molar-refractivity contribution in [2.45, 2.75) is 40.0 Å². The summed E-state index contributed by atoms with van der Waals surface area (Å²) in [5.74, 6) is 0.354. The van der Waals surface area contributed by atoms with E-state index in [9.17, 15) is 4.79 Å². The van der Waals surface area contributed by atoms with Gasteiger partial charge in [0.15, 0.2) is 5.17 Å². The van der Waals surface area contributed by atoms with E-state index in [-0.39, 0.29) is 11.7 Å². The maximum atomic E-state index is 12.5. The predicted molar refractivity (Wildman–Crippen MR) is 121 cm³/mol. The van der Waals surface area contributed by atoms with Crippen LogP contribution in [0.3, 0.4) is 0 Å². The van der Waals surface area contributed by atoms with E-state index >= 15 is 0 Å². The standard InChI is InChI=1S/C23H24N4OS/c1-5-14(2)17-6-8-19(9-7-17)27-15(3)12-18(16(27)4)13-20-21(24)26-10-11-29-23(26)25-22(20)28/h6-14,24H,5H2,1-4H3/b20-13-,24-21?/t14-/m0/s1. The van der Waals surface area contributed by atoms with Gasteiger partial charge in [0.25, 0.3) is 5.91 Å². The average molecular weight is 405 g/mol. The summed E-state index contributed by atoms with van der Waals surface area (Å²) < 4.78 is 2.18. The Labute approximate surface area is 175 Å². The predicted octanol–water partition coefficient (Wildman–Crippen LogP) is 5.38. The molecule has 0 saturated heterocycles. The molecule has 3 heterocycles. The highest BCUT2D eigenvalue weighted by atomic mass is 32.2. The number of amides is 1. The monoisotopic (exact) mass is 404 g/mol. The largest absolute Gasteiger partial charge is 0.318 e. The van der Waals surface area contributed by atoms with Crippen molar-refractivity contribution in [1.29, 1.82) is 5.41 Å². The Balaban J connectivity index is 1.71. The molecular formula is C23H24N4OS. The lowest BCUT2D eigenvalue weighted by Crippen LogP contribution is -2.35. The molecule has 0 aliphatic carbocycles. The summed E-state index contributed by atoms with van der Waals surface area (Å²) in [4.78, 5) is 18.2. The molecule has 2 aliphatic rings. The summed E-state index contributed by atoms with van der Waals surface area (Å²) in [7, 11) is 0. The van der Waals surface area contributed by atoms with E-state index in [4.69, 9.17) is 5.41 Å². The Morgan fingerprint density at radius 1 is 1.24 bits per heavy atom. The SMILES string of the molecule is CC[C@H](C)c1ccc(-n2c(C)cc(/C=C3/C(=N)N4C=CSC4=NC3=O)c2C)cc1. The second-order valence-corrected chi connectivity index (χ2v) is 8.31. The Bertz CT molecular complexity index is 1090. The van der Waals surface area contributed by atoms with Crippen LogP contribution in [0.1, 0.15) is 48.7 Å². The molecule has 2 aliphatic heterocycles. The minimum Gasteiger partial charge on any atom is -0.318 e. The van der Waals surface area contributed by atoms with Crippen LogP contribution in [-0.4, -0.2) is 26.4 Å². The second kappa shape index (κ2) is 7.52. The Hall–Kier alpha value is -2.86. The number of aryl methyl sites for hydroxylation is 1. The van der Waals surface area contributed by atoms with E-state index in [2.05, 4.69) is 60.7 Å². The lowest BCUT2D eigenvalue weighted by Gasteiger charge is -2.22. The fraction of sp³-hybridized carbons (Fsp3) is 0.261. The van der Waals surface area contributed by atoms with Gasteiger partial charge in [-0.2, -0.15) is 4.99 Å². The van der Waals surface area contributed by atoms with Gasteiger partial charge in [-0.25, -0.2) is 0 Å². The molecule has 1 aromatic heterocycles. The van der Waals surface area contributed by atoms with Gasteiger partial charge in [0.05, 0.1) is 5.57 Å². The van der Waals surface area contributed by atoms with Crippen LogP contribution in [0.15, 0.2) is 52.5 Å². The fourth-order valence-electron chi connectivity index (χ4n) is 3.71. The molecule has 148 valence electrons. The zero-order valence-electron chi connectivity index (χ0n) is 17.1. The van der Waals surface area contributed by atoms with E-state index in [0.717, 1.165) is 29.1 Å². The summed E-state index contributed by atoms with van der Waals surface area (Å²) >= 11 is 1.36. The maximum absolute atomic E-state index is 12.5. The minimum absolute atomic E-state index is 0.170. The number of aliphatic imine (C=N–C) groups is 1. The lowest BCUT2D eigenvalue weighted by molar-refractivity contribution is -0.114. The van der Waals surface area contributed by atoms with Gasteiger partial charge in [-0.15, -0.1) is 0 Å². The Morgan fingerprint density at radius 2 is 1.97 bits per heavy atom. The number of hydrogen-bond donors (Lipinski definition) is 1. The molecule has 5 nitrogen and oxygen atoms in total. The molecule has 2 aromatic rings. The number of carbonyl (C=O) groups is 1. The molecule has 0 fully saturated rings. The van der Waals surface area contributed by atoms with Gasteiger partial charge < -0.3 is 4.57 Å². The zero-order valence-corrected chi connectivity index (χ0v) is 17.9. The van der Waals surface area contributed by atoms with Crippen molar-refractivity contribution in [3.63, 3.8) is 0 Å². The number of hydrogen-bond acceptors (Lipinski definition) is 3. The zero-order chi connectivity index (χ0) is 20.7. The first-order chi connectivity index (χ1) is 13.9. The number of thioether (sulfide) groups is 1. The van der Waals surface area contributed by atoms with Crippen LogP contribution in [-0.2, 0) is 4.79 Å². The van der Waals surface area contributed by atoms with Gasteiger partial charge in [0.1, 0.15) is 5.84 Å². The quantitative estimate of drug-likeness (QED) is 0.696. The molecule has 1 aromatic carbocycles. The first-order valence-electron chi connectivity index (χ1n) is 9.76. The van der Waals surface area contributed by atoms with Crippen molar-refractivity contribution in [2.75, 3.05) is 0 Å². The molecule has 4 rings (SSSR count). The van der Waals surface area contributed by atoms with Crippen LogP contribution in [0.2, 0.25) is 0 Å². The van der Waals surface area contributed by atoms with E-state index < -0.39 is 0 Å². The Kier molecular flexibility index (Phi) is 5.04. The number of nitrogens with one attached hydrogen (secondary N) is 1. The van der Waals surface area contributed by atoms with Gasteiger partial charge in [0, 0.05) is 23.3 Å². The lowest BCUT2D eigenvalue weighted by atomic mass is 9.98. The molecular weight excluding hydrogens is 380 g/mol. The van der Waals surface area contributed by atoms with Crippen LogP contribution in [0.25, 0.3) is 11.8 Å². The van der Waals surface area contributed by atoms with Crippen molar-refractivity contribution < 1.29 is 4.79 Å². The summed E-state index contributed by atoms with van der Waals surface area (Å²) in [5, 5.41) is 10.8. The van der Waals surface area contributed by atoms with Gasteiger partial charge in [-0.1, -0.05) is 37.7 Å². The smallest absolute Gasteiger partial charge is 0.283 e. The molecule has 0 radical (unpaired) electrons. The second-order valence-electron chi connectivity index (χ2n) is 7.44. The third-order valence-electron chi connectivity index (χ3n) is 5.62. The number of amidine groups is 2. The number of nitrogens with zero attached hydrogens (tertiary/aromatic N) is 3. The molecule has 1 atom stereocenters. The normalized spacial score (nSPS) is 18.4. The molecule has 0 spiro atoms. The van der Waals surface area contributed by atoms with Crippen LogP contribution >= 0.6 is 11.8 Å². The average Bonchev–Trinajstić information content (AvgIpc) is 3.29. The third-order valence-corrected chi connectivity index (χ3v) is 6.37. The summed E-state index contributed by atoms with van der Waals surface area (Å²) in [6.07, 6.45) is 4.68. The first kappa shape index (κ1) is 19.5. The van der Waals surface area contributed by atoms with E-state index in [1.54, 1.807) is 17.2 Å². The molecule has 6 heteroatoms. The van der Waals surface area contributed by atoms with E-state index in [1.165, 1.54) is 17.3 Å².